The molecule has 0 amide bonds. The van der Waals surface area contributed by atoms with Crippen LogP contribution in [0.2, 0.25) is 0 Å². The van der Waals surface area contributed by atoms with Crippen LogP contribution >= 0.6 is 0 Å². The fraction of sp³-hybridized carbons (Fsp3) is 0.125. The smallest absolute Gasteiger partial charge is 0.348 e. The standard InChI is InChI=1S/C16H14N2O3/c1-20-12-7-8-13-14(9-12)18-16(21-15(13)19)17-10-11-5-3-2-4-6-11/h2-9H,10H2,1H3,(H,17,18). The van der Waals surface area contributed by atoms with Gasteiger partial charge < -0.3 is 14.5 Å². The Labute approximate surface area is 121 Å². The number of nitrogens with zero attached hydrogens (tertiary/aromatic N) is 1. The van der Waals surface area contributed by atoms with Gasteiger partial charge in [-0.05, 0) is 17.7 Å². The van der Waals surface area contributed by atoms with Gasteiger partial charge in [0.15, 0.2) is 0 Å². The van der Waals surface area contributed by atoms with E-state index >= 15 is 0 Å². The summed E-state index contributed by atoms with van der Waals surface area (Å²) in [5.74, 6) is 0.648. The third-order valence-electron chi connectivity index (χ3n) is 3.12. The summed E-state index contributed by atoms with van der Waals surface area (Å²) < 4.78 is 10.3. The highest BCUT2D eigenvalue weighted by atomic mass is 16.5. The van der Waals surface area contributed by atoms with Crippen LogP contribution in [0.4, 0.5) is 6.01 Å². The van der Waals surface area contributed by atoms with E-state index in [4.69, 9.17) is 9.15 Å². The maximum Gasteiger partial charge on any atom is 0.348 e. The monoisotopic (exact) mass is 282 g/mol. The van der Waals surface area contributed by atoms with E-state index in [9.17, 15) is 4.79 Å². The van der Waals surface area contributed by atoms with Crippen molar-refractivity contribution in [3.63, 3.8) is 0 Å². The summed E-state index contributed by atoms with van der Waals surface area (Å²) in [5.41, 5.74) is 1.20. The van der Waals surface area contributed by atoms with Crippen LogP contribution in [0.25, 0.3) is 10.9 Å². The minimum absolute atomic E-state index is 0.199. The lowest BCUT2D eigenvalue weighted by molar-refractivity contribution is 0.415. The molecule has 2 aromatic carbocycles. The van der Waals surface area contributed by atoms with E-state index in [-0.39, 0.29) is 6.01 Å². The lowest BCUT2D eigenvalue weighted by Gasteiger charge is -2.06. The van der Waals surface area contributed by atoms with E-state index in [0.717, 1.165) is 5.56 Å². The maximum absolute atomic E-state index is 11.9. The van der Waals surface area contributed by atoms with Gasteiger partial charge in [-0.25, -0.2) is 4.79 Å². The first-order valence-electron chi connectivity index (χ1n) is 6.53. The van der Waals surface area contributed by atoms with Gasteiger partial charge in [-0.1, -0.05) is 30.3 Å². The number of anilines is 1. The molecule has 0 bridgehead atoms. The van der Waals surface area contributed by atoms with E-state index in [2.05, 4.69) is 10.3 Å². The lowest BCUT2D eigenvalue weighted by atomic mass is 10.2. The van der Waals surface area contributed by atoms with E-state index in [0.29, 0.717) is 23.2 Å². The lowest BCUT2D eigenvalue weighted by Crippen LogP contribution is -2.08. The van der Waals surface area contributed by atoms with Gasteiger partial charge in [-0.2, -0.15) is 4.98 Å². The number of ether oxygens (including phenoxy) is 1. The first kappa shape index (κ1) is 13.2. The first-order chi connectivity index (χ1) is 10.3. The predicted octanol–water partition coefficient (Wildman–Crippen LogP) is 2.81. The maximum atomic E-state index is 11.9. The van der Waals surface area contributed by atoms with Crippen molar-refractivity contribution in [3.8, 4) is 5.75 Å². The molecular weight excluding hydrogens is 268 g/mol. The molecular formula is C16H14N2O3. The average Bonchev–Trinajstić information content (AvgIpc) is 2.53. The van der Waals surface area contributed by atoms with Crippen LogP contribution in [0.1, 0.15) is 5.56 Å². The molecule has 0 radical (unpaired) electrons. The summed E-state index contributed by atoms with van der Waals surface area (Å²) in [7, 11) is 1.57. The van der Waals surface area contributed by atoms with Crippen molar-refractivity contribution in [3.05, 3.63) is 64.5 Å². The van der Waals surface area contributed by atoms with Crippen LogP contribution in [0.15, 0.2) is 57.7 Å². The quantitative estimate of drug-likeness (QED) is 0.797. The average molecular weight is 282 g/mol. The molecule has 1 aromatic heterocycles. The third-order valence-corrected chi connectivity index (χ3v) is 3.12. The number of nitrogens with one attached hydrogen (secondary N) is 1. The van der Waals surface area contributed by atoms with E-state index in [1.807, 2.05) is 30.3 Å². The van der Waals surface area contributed by atoms with E-state index < -0.39 is 5.63 Å². The van der Waals surface area contributed by atoms with Crippen LogP contribution < -0.4 is 15.7 Å². The summed E-state index contributed by atoms with van der Waals surface area (Å²) in [6.07, 6.45) is 0. The van der Waals surface area contributed by atoms with Gasteiger partial charge in [-0.3, -0.25) is 0 Å². The van der Waals surface area contributed by atoms with Crippen molar-refractivity contribution in [1.82, 2.24) is 4.98 Å². The Morgan fingerprint density at radius 2 is 2.00 bits per heavy atom. The largest absolute Gasteiger partial charge is 0.497 e. The summed E-state index contributed by atoms with van der Waals surface area (Å²) in [6, 6.07) is 15.1. The van der Waals surface area contributed by atoms with Gasteiger partial charge in [0, 0.05) is 12.6 Å². The van der Waals surface area contributed by atoms with Crippen molar-refractivity contribution in [2.24, 2.45) is 0 Å². The summed E-state index contributed by atoms with van der Waals surface area (Å²) in [5, 5.41) is 3.44. The Balaban J connectivity index is 1.90. The molecule has 1 heterocycles. The molecule has 5 nitrogen and oxygen atoms in total. The zero-order chi connectivity index (χ0) is 14.7. The predicted molar refractivity (Wildman–Crippen MR) is 80.6 cm³/mol. The molecule has 5 heteroatoms. The van der Waals surface area contributed by atoms with E-state index in [1.165, 1.54) is 0 Å². The van der Waals surface area contributed by atoms with Crippen molar-refractivity contribution in [1.29, 1.82) is 0 Å². The Morgan fingerprint density at radius 3 is 2.76 bits per heavy atom. The Kier molecular flexibility index (Phi) is 3.55. The number of rotatable bonds is 4. The van der Waals surface area contributed by atoms with Gasteiger partial charge in [-0.15, -0.1) is 0 Å². The Morgan fingerprint density at radius 1 is 1.19 bits per heavy atom. The number of fused-ring (bicyclic) bond motifs is 1. The molecule has 21 heavy (non-hydrogen) atoms. The van der Waals surface area contributed by atoms with Gasteiger partial charge in [0.25, 0.3) is 6.01 Å². The first-order valence-corrected chi connectivity index (χ1v) is 6.53. The SMILES string of the molecule is COc1ccc2c(=O)oc(NCc3ccccc3)nc2c1. The molecule has 0 fully saturated rings. The molecule has 0 aliphatic heterocycles. The third kappa shape index (κ3) is 2.86. The number of methoxy groups -OCH3 is 1. The zero-order valence-electron chi connectivity index (χ0n) is 11.5. The van der Waals surface area contributed by atoms with Crippen LogP contribution in [0.3, 0.4) is 0 Å². The second-order valence-electron chi connectivity index (χ2n) is 4.53. The van der Waals surface area contributed by atoms with Gasteiger partial charge in [0.05, 0.1) is 18.0 Å². The molecule has 0 spiro atoms. The Hall–Kier alpha value is -2.82. The van der Waals surface area contributed by atoms with Gasteiger partial charge in [0.2, 0.25) is 0 Å². The number of benzene rings is 2. The highest BCUT2D eigenvalue weighted by Gasteiger charge is 2.07. The molecule has 0 unspecified atom stereocenters. The normalized spacial score (nSPS) is 10.5. The topological polar surface area (TPSA) is 64.4 Å². The molecule has 0 saturated heterocycles. The molecule has 0 aliphatic carbocycles. The second kappa shape index (κ2) is 5.66. The fourth-order valence-electron chi connectivity index (χ4n) is 2.03. The number of hydrogen-bond acceptors (Lipinski definition) is 5. The van der Waals surface area contributed by atoms with Crippen molar-refractivity contribution >= 4 is 16.9 Å². The van der Waals surface area contributed by atoms with Crippen LogP contribution in [0, 0.1) is 0 Å². The summed E-state index contributed by atoms with van der Waals surface area (Å²) >= 11 is 0. The molecule has 3 rings (SSSR count). The van der Waals surface area contributed by atoms with Crippen LogP contribution in [-0.4, -0.2) is 12.1 Å². The van der Waals surface area contributed by atoms with Crippen molar-refractivity contribution in [2.75, 3.05) is 12.4 Å². The summed E-state index contributed by atoms with van der Waals surface area (Å²) in [6.45, 7) is 0.534. The highest BCUT2D eigenvalue weighted by molar-refractivity contribution is 5.79. The number of hydrogen-bond donors (Lipinski definition) is 1. The molecule has 0 saturated carbocycles. The molecule has 0 atom stereocenters. The van der Waals surface area contributed by atoms with Gasteiger partial charge >= 0.3 is 5.63 Å². The van der Waals surface area contributed by atoms with Crippen molar-refractivity contribution in [2.45, 2.75) is 6.54 Å². The molecule has 0 aliphatic rings. The second-order valence-corrected chi connectivity index (χ2v) is 4.53. The summed E-state index contributed by atoms with van der Waals surface area (Å²) in [4.78, 5) is 16.2. The van der Waals surface area contributed by atoms with Crippen molar-refractivity contribution < 1.29 is 9.15 Å². The molecule has 106 valence electrons. The van der Waals surface area contributed by atoms with Crippen LogP contribution in [-0.2, 0) is 6.54 Å². The van der Waals surface area contributed by atoms with E-state index in [1.54, 1.807) is 25.3 Å². The van der Waals surface area contributed by atoms with Gasteiger partial charge in [0.1, 0.15) is 5.75 Å². The minimum Gasteiger partial charge on any atom is -0.497 e. The highest BCUT2D eigenvalue weighted by Crippen LogP contribution is 2.18. The Bertz CT molecular complexity index is 813. The molecule has 3 aromatic rings. The minimum atomic E-state index is -0.418. The number of aromatic nitrogens is 1. The van der Waals surface area contributed by atoms with Crippen LogP contribution in [0.5, 0.6) is 5.75 Å². The molecule has 1 N–H and O–H groups in total. The fourth-order valence-corrected chi connectivity index (χ4v) is 2.03. The zero-order valence-corrected chi connectivity index (χ0v) is 11.5.